The number of allylic oxidation sites excluding steroid dienone is 4. The Kier molecular flexibility index (Phi) is 11.5. The molecule has 262 valence electrons. The van der Waals surface area contributed by atoms with Gasteiger partial charge < -0.3 is 30.2 Å². The van der Waals surface area contributed by atoms with E-state index in [-0.39, 0.29) is 29.9 Å². The molecule has 0 saturated carbocycles. The summed E-state index contributed by atoms with van der Waals surface area (Å²) in [6.45, 7) is 12.4. The summed E-state index contributed by atoms with van der Waals surface area (Å²) in [6.07, 6.45) is 15.6. The van der Waals surface area contributed by atoms with Crippen LogP contribution in [0.1, 0.15) is 90.5 Å². The van der Waals surface area contributed by atoms with E-state index in [0.29, 0.717) is 38.0 Å². The van der Waals surface area contributed by atoms with Crippen LogP contribution in [0, 0.1) is 11.8 Å². The third kappa shape index (κ3) is 7.93. The van der Waals surface area contributed by atoms with Gasteiger partial charge in [0.25, 0.3) is 0 Å². The van der Waals surface area contributed by atoms with Crippen LogP contribution in [0.5, 0.6) is 0 Å². The van der Waals surface area contributed by atoms with Gasteiger partial charge in [0.05, 0.1) is 0 Å². The third-order valence-electron chi connectivity index (χ3n) is 11.9. The summed E-state index contributed by atoms with van der Waals surface area (Å²) in [4.78, 5) is 49.7. The largest absolute Gasteiger partial charge is 0.341 e. The molecule has 1 aliphatic carbocycles. The zero-order valence-corrected chi connectivity index (χ0v) is 29.6. The minimum atomic E-state index is -0.560. The second kappa shape index (κ2) is 15.9. The fourth-order valence-electron chi connectivity index (χ4n) is 8.85. The van der Waals surface area contributed by atoms with Gasteiger partial charge in [-0.25, -0.2) is 9.59 Å². The van der Waals surface area contributed by atoms with Crippen LogP contribution in [-0.2, 0) is 11.2 Å². The van der Waals surface area contributed by atoms with Crippen molar-refractivity contribution >= 4 is 23.7 Å². The summed E-state index contributed by atoms with van der Waals surface area (Å²) >= 11 is 0. The molecule has 3 saturated heterocycles. The lowest BCUT2D eigenvalue weighted by Gasteiger charge is -2.42. The molecule has 0 bridgehead atoms. The van der Waals surface area contributed by atoms with Crippen molar-refractivity contribution in [3.8, 4) is 0 Å². The van der Waals surface area contributed by atoms with Crippen LogP contribution >= 0.6 is 0 Å². The van der Waals surface area contributed by atoms with Gasteiger partial charge in [-0.05, 0) is 112 Å². The predicted molar refractivity (Wildman–Crippen MR) is 192 cm³/mol. The average molecular weight is 659 g/mol. The molecular formula is C39H58N6O3. The molecule has 9 heteroatoms. The Labute approximate surface area is 288 Å². The molecule has 6 rings (SSSR count). The third-order valence-corrected chi connectivity index (χ3v) is 11.9. The Morgan fingerprint density at radius 2 is 1.48 bits per heavy atom. The number of urea groups is 2. The van der Waals surface area contributed by atoms with Gasteiger partial charge in [-0.15, -0.1) is 0 Å². The van der Waals surface area contributed by atoms with Crippen LogP contribution in [0.4, 0.5) is 15.3 Å². The van der Waals surface area contributed by atoms with Crippen molar-refractivity contribution in [2.45, 2.75) is 110 Å². The summed E-state index contributed by atoms with van der Waals surface area (Å²) in [7, 11) is 0. The molecule has 5 amide bonds. The van der Waals surface area contributed by atoms with Gasteiger partial charge in [0, 0.05) is 50.5 Å². The molecule has 1 aromatic carbocycles. The van der Waals surface area contributed by atoms with Crippen LogP contribution in [-0.4, -0.2) is 102 Å². The monoisotopic (exact) mass is 658 g/mol. The highest BCUT2D eigenvalue weighted by atomic mass is 16.2. The average Bonchev–Trinajstić information content (AvgIpc) is 3.30. The molecular weight excluding hydrogens is 600 g/mol. The number of carbonyl (C=O) groups is 3. The maximum Gasteiger partial charge on any atom is 0.322 e. The van der Waals surface area contributed by atoms with E-state index in [1.807, 2.05) is 32.9 Å². The van der Waals surface area contributed by atoms with Gasteiger partial charge in [0.15, 0.2) is 0 Å². The van der Waals surface area contributed by atoms with Crippen molar-refractivity contribution in [2.75, 3.05) is 51.1 Å². The Balaban J connectivity index is 1.09. The number of piperidine rings is 3. The minimum Gasteiger partial charge on any atom is -0.341 e. The molecule has 3 atom stereocenters. The maximum atomic E-state index is 14.3. The van der Waals surface area contributed by atoms with E-state index in [0.717, 1.165) is 69.3 Å². The molecule has 1 aromatic rings. The first kappa shape index (κ1) is 34.5. The molecule has 4 heterocycles. The van der Waals surface area contributed by atoms with Crippen LogP contribution in [0.2, 0.25) is 0 Å². The smallest absolute Gasteiger partial charge is 0.322 e. The number of hydrogen-bond donors (Lipinski definition) is 2. The predicted octanol–water partition coefficient (Wildman–Crippen LogP) is 6.42. The Hall–Kier alpha value is -3.33. The normalized spacial score (nSPS) is 25.4. The van der Waals surface area contributed by atoms with E-state index in [9.17, 15) is 14.4 Å². The second-order valence-corrected chi connectivity index (χ2v) is 14.8. The summed E-state index contributed by atoms with van der Waals surface area (Å²) in [5.74, 6) is 0.584. The zero-order valence-electron chi connectivity index (χ0n) is 29.6. The highest BCUT2D eigenvalue weighted by Crippen LogP contribution is 2.34. The molecule has 9 nitrogen and oxygen atoms in total. The second-order valence-electron chi connectivity index (χ2n) is 14.8. The van der Waals surface area contributed by atoms with Crippen LogP contribution < -0.4 is 10.6 Å². The lowest BCUT2D eigenvalue weighted by Crippen LogP contribution is -2.57. The number of nitrogens with one attached hydrogen (secondary N) is 2. The number of hydrogen-bond acceptors (Lipinski definition) is 4. The molecule has 3 fully saturated rings. The number of amides is 5. The molecule has 0 spiro atoms. The molecule has 2 N–H and O–H groups in total. The first-order valence-corrected chi connectivity index (χ1v) is 19.0. The van der Waals surface area contributed by atoms with E-state index in [1.54, 1.807) is 0 Å². The lowest BCUT2D eigenvalue weighted by molar-refractivity contribution is -0.135. The van der Waals surface area contributed by atoms with Crippen LogP contribution in [0.3, 0.4) is 0 Å². The maximum absolute atomic E-state index is 14.3. The van der Waals surface area contributed by atoms with E-state index in [1.165, 1.54) is 43.5 Å². The van der Waals surface area contributed by atoms with Gasteiger partial charge in [-0.2, -0.15) is 0 Å². The summed E-state index contributed by atoms with van der Waals surface area (Å²) in [5, 5.41) is 6.34. The SMILES string of the molecule is CCC1=CC(C)C(C[C@@H](NC(=O)N2CCC(N3CCc4ccccc4NC3=O)CC2)C(=O)N2CCC(N3CCCCC3)CC2)C=C1CC. The quantitative estimate of drug-likeness (QED) is 0.337. The van der Waals surface area contributed by atoms with Crippen molar-refractivity contribution in [1.82, 2.24) is 24.9 Å². The molecule has 0 aromatic heterocycles. The number of benzene rings is 1. The first-order valence-electron chi connectivity index (χ1n) is 19.0. The van der Waals surface area contributed by atoms with Crippen molar-refractivity contribution in [3.63, 3.8) is 0 Å². The number of rotatable bonds is 8. The lowest BCUT2D eigenvalue weighted by atomic mass is 9.78. The van der Waals surface area contributed by atoms with E-state index in [2.05, 4.69) is 54.5 Å². The number of fused-ring (bicyclic) bond motifs is 1. The standard InChI is InChI=1S/C39H58N6O3/c1-4-29-25-28(3)32(26-30(29)5-2)27-36(37(46)43-20-14-33(15-21-43)42-18-9-6-10-19-42)41-38(47)44-22-16-34(17-23-44)45-24-13-31-11-7-8-12-35(31)40-39(45)48/h7-8,11-12,25-26,28,32-34,36H,4-6,9-10,13-24,27H2,1-3H3,(H,40,48)(H,41,47)/t28?,32?,36-/m1/s1. The molecule has 0 radical (unpaired) electrons. The number of likely N-dealkylation sites (tertiary alicyclic amines) is 3. The van der Waals surface area contributed by atoms with E-state index < -0.39 is 6.04 Å². The van der Waals surface area contributed by atoms with E-state index in [4.69, 9.17) is 0 Å². The minimum absolute atomic E-state index is 0.0565. The van der Waals surface area contributed by atoms with Crippen molar-refractivity contribution in [2.24, 2.45) is 11.8 Å². The van der Waals surface area contributed by atoms with Crippen molar-refractivity contribution in [1.29, 1.82) is 0 Å². The van der Waals surface area contributed by atoms with Gasteiger partial charge in [0.1, 0.15) is 6.04 Å². The van der Waals surface area contributed by atoms with Gasteiger partial charge in [-0.3, -0.25) is 4.79 Å². The number of carbonyl (C=O) groups excluding carboxylic acids is 3. The Morgan fingerprint density at radius 3 is 2.19 bits per heavy atom. The summed E-state index contributed by atoms with van der Waals surface area (Å²) < 4.78 is 0. The molecule has 4 aliphatic heterocycles. The summed E-state index contributed by atoms with van der Waals surface area (Å²) in [6, 6.07) is 7.88. The number of nitrogens with zero attached hydrogens (tertiary/aromatic N) is 4. The zero-order chi connectivity index (χ0) is 33.6. The van der Waals surface area contributed by atoms with Gasteiger partial charge in [-0.1, -0.05) is 57.5 Å². The number of para-hydroxylation sites is 1. The molecule has 5 aliphatic rings. The highest BCUT2D eigenvalue weighted by Gasteiger charge is 2.36. The first-order chi connectivity index (χ1) is 23.3. The van der Waals surface area contributed by atoms with Crippen LogP contribution in [0.15, 0.2) is 47.6 Å². The topological polar surface area (TPSA) is 88.2 Å². The van der Waals surface area contributed by atoms with Crippen molar-refractivity contribution in [3.05, 3.63) is 53.1 Å². The fraction of sp³-hybridized carbons (Fsp3) is 0.667. The van der Waals surface area contributed by atoms with E-state index >= 15 is 0 Å². The van der Waals surface area contributed by atoms with Gasteiger partial charge in [0.2, 0.25) is 5.91 Å². The Morgan fingerprint density at radius 1 is 0.833 bits per heavy atom. The fourth-order valence-corrected chi connectivity index (χ4v) is 8.85. The Bertz CT molecular complexity index is 1350. The van der Waals surface area contributed by atoms with Crippen LogP contribution in [0.25, 0.3) is 0 Å². The highest BCUT2D eigenvalue weighted by molar-refractivity contribution is 5.91. The number of anilines is 1. The van der Waals surface area contributed by atoms with Gasteiger partial charge >= 0.3 is 12.1 Å². The molecule has 2 unspecified atom stereocenters. The molecule has 48 heavy (non-hydrogen) atoms. The summed E-state index contributed by atoms with van der Waals surface area (Å²) in [5.41, 5.74) is 4.84. The van der Waals surface area contributed by atoms with Crippen molar-refractivity contribution < 1.29 is 14.4 Å².